The summed E-state index contributed by atoms with van der Waals surface area (Å²) in [6.45, 7) is 0. The third kappa shape index (κ3) is 3.16. The number of carbonyl (C=O) groups excluding carboxylic acids is 3. The Bertz CT molecular complexity index is 1670. The van der Waals surface area contributed by atoms with Crippen molar-refractivity contribution in [2.45, 2.75) is 11.3 Å². The lowest BCUT2D eigenvalue weighted by Crippen LogP contribution is -2.54. The fourth-order valence-corrected chi connectivity index (χ4v) is 6.86. The molecule has 1 N–H and O–H groups in total. The monoisotopic (exact) mass is 528 g/mol. The van der Waals surface area contributed by atoms with Gasteiger partial charge < -0.3 is 4.74 Å². The first-order valence-electron chi connectivity index (χ1n) is 13.0. The van der Waals surface area contributed by atoms with Gasteiger partial charge in [0.2, 0.25) is 11.8 Å². The second-order valence-electron chi connectivity index (χ2n) is 10.1. The van der Waals surface area contributed by atoms with Gasteiger partial charge in [-0.05, 0) is 46.5 Å². The van der Waals surface area contributed by atoms with E-state index in [-0.39, 0.29) is 17.7 Å². The molecule has 4 aliphatic rings. The summed E-state index contributed by atoms with van der Waals surface area (Å²) >= 11 is 0. The number of hydrazone groups is 1. The first-order chi connectivity index (χ1) is 19.6. The number of aromatic nitrogens is 1. The number of hydrogen-bond acceptors (Lipinski definition) is 6. The summed E-state index contributed by atoms with van der Waals surface area (Å²) < 4.78 is 5.53. The van der Waals surface area contributed by atoms with Crippen LogP contribution in [0.4, 0.5) is 5.69 Å². The summed E-state index contributed by atoms with van der Waals surface area (Å²) in [7, 11) is 1.52. The number of imide groups is 1. The van der Waals surface area contributed by atoms with E-state index in [2.05, 4.69) is 15.5 Å². The first kappa shape index (κ1) is 24.0. The average molecular weight is 529 g/mol. The molecule has 0 radical (unpaired) electrons. The molecule has 8 heteroatoms. The molecule has 1 saturated heterocycles. The van der Waals surface area contributed by atoms with Gasteiger partial charge in [-0.2, -0.15) is 5.10 Å². The molecule has 0 saturated carbocycles. The van der Waals surface area contributed by atoms with Crippen LogP contribution in [0.2, 0.25) is 0 Å². The largest absolute Gasteiger partial charge is 0.495 e. The lowest BCUT2D eigenvalue weighted by atomic mass is 9.47. The molecule has 3 aromatic carbocycles. The molecule has 3 aliphatic carbocycles. The highest BCUT2D eigenvalue weighted by Gasteiger charge is 2.68. The zero-order valence-corrected chi connectivity index (χ0v) is 21.5. The van der Waals surface area contributed by atoms with Crippen LogP contribution in [0.1, 0.15) is 38.5 Å². The van der Waals surface area contributed by atoms with Crippen LogP contribution in [-0.4, -0.2) is 36.0 Å². The van der Waals surface area contributed by atoms with E-state index in [0.29, 0.717) is 17.0 Å². The van der Waals surface area contributed by atoms with E-state index in [9.17, 15) is 14.4 Å². The molecule has 8 rings (SSSR count). The zero-order valence-electron chi connectivity index (χ0n) is 21.5. The van der Waals surface area contributed by atoms with Crippen LogP contribution in [0.25, 0.3) is 0 Å². The number of ether oxygens (including phenoxy) is 1. The van der Waals surface area contributed by atoms with E-state index in [1.165, 1.54) is 18.2 Å². The number of nitrogens with one attached hydrogen (secondary N) is 1. The third-order valence-corrected chi connectivity index (χ3v) is 8.37. The van der Waals surface area contributed by atoms with Crippen LogP contribution >= 0.6 is 0 Å². The van der Waals surface area contributed by atoms with Crippen molar-refractivity contribution >= 4 is 29.6 Å². The standard InChI is InChI=1S/C32H24N4O4/c1-40-25-15-7-6-14-24(25)36-30(38)27-26-20-10-2-4-12-22(20)32(28(27)31(36)39,23-13-5-3-11-21(23)26)18-34-35-29(37)19-9-8-16-33-17-19/h2-18,26-28H,1H3,(H,35,37)/b34-18+. The van der Waals surface area contributed by atoms with Crippen LogP contribution in [0.3, 0.4) is 0 Å². The molecule has 2 atom stereocenters. The van der Waals surface area contributed by atoms with Gasteiger partial charge in [0.1, 0.15) is 5.75 Å². The molecule has 2 bridgehead atoms. The van der Waals surface area contributed by atoms with Gasteiger partial charge in [0.25, 0.3) is 5.91 Å². The summed E-state index contributed by atoms with van der Waals surface area (Å²) in [5.41, 5.74) is 6.08. The highest BCUT2D eigenvalue weighted by molar-refractivity contribution is 6.25. The number of benzene rings is 3. The molecular weight excluding hydrogens is 504 g/mol. The van der Waals surface area contributed by atoms with Gasteiger partial charge in [-0.1, -0.05) is 60.7 Å². The molecule has 40 heavy (non-hydrogen) atoms. The maximum absolute atomic E-state index is 14.4. The minimum atomic E-state index is -1.08. The number of para-hydroxylation sites is 2. The molecule has 2 heterocycles. The Morgan fingerprint density at radius 2 is 1.60 bits per heavy atom. The SMILES string of the molecule is COc1ccccc1N1C(=O)C2C3c4ccccc4C(/C=N/NC(=O)c4cccnc4)(c4ccccc43)C2C1=O. The summed E-state index contributed by atoms with van der Waals surface area (Å²) in [6, 6.07) is 26.2. The number of methoxy groups -OCH3 is 1. The summed E-state index contributed by atoms with van der Waals surface area (Å²) in [5.74, 6) is -2.29. The van der Waals surface area contributed by atoms with Crippen molar-refractivity contribution in [3.8, 4) is 5.75 Å². The van der Waals surface area contributed by atoms with Crippen molar-refractivity contribution in [2.75, 3.05) is 12.0 Å². The molecule has 2 unspecified atom stereocenters. The van der Waals surface area contributed by atoms with Crippen LogP contribution in [0.5, 0.6) is 5.75 Å². The number of carbonyl (C=O) groups is 3. The maximum atomic E-state index is 14.4. The second-order valence-corrected chi connectivity index (χ2v) is 10.1. The van der Waals surface area contributed by atoms with Crippen LogP contribution in [-0.2, 0) is 15.0 Å². The van der Waals surface area contributed by atoms with Gasteiger partial charge >= 0.3 is 0 Å². The molecule has 1 fully saturated rings. The minimum Gasteiger partial charge on any atom is -0.495 e. The first-order valence-corrected chi connectivity index (χ1v) is 13.0. The average Bonchev–Trinajstić information content (AvgIpc) is 3.28. The number of nitrogens with zero attached hydrogens (tertiary/aromatic N) is 3. The fourth-order valence-electron chi connectivity index (χ4n) is 6.86. The quantitative estimate of drug-likeness (QED) is 0.239. The summed E-state index contributed by atoms with van der Waals surface area (Å²) in [4.78, 5) is 46.8. The van der Waals surface area contributed by atoms with E-state index in [0.717, 1.165) is 22.3 Å². The molecule has 4 aromatic rings. The van der Waals surface area contributed by atoms with Crippen molar-refractivity contribution in [1.82, 2.24) is 10.4 Å². The van der Waals surface area contributed by atoms with Crippen molar-refractivity contribution in [2.24, 2.45) is 16.9 Å². The van der Waals surface area contributed by atoms with E-state index in [1.54, 1.807) is 48.8 Å². The number of anilines is 1. The molecule has 8 nitrogen and oxygen atoms in total. The van der Waals surface area contributed by atoms with Crippen molar-refractivity contribution < 1.29 is 19.1 Å². The number of rotatable bonds is 5. The Morgan fingerprint density at radius 1 is 0.925 bits per heavy atom. The molecule has 1 aromatic heterocycles. The Hall–Kier alpha value is -5.11. The van der Waals surface area contributed by atoms with Gasteiger partial charge in [-0.15, -0.1) is 0 Å². The van der Waals surface area contributed by atoms with Gasteiger partial charge in [-0.3, -0.25) is 19.4 Å². The van der Waals surface area contributed by atoms with Gasteiger partial charge in [0, 0.05) is 24.5 Å². The lowest BCUT2D eigenvalue weighted by Gasteiger charge is -2.52. The van der Waals surface area contributed by atoms with Crippen molar-refractivity contribution in [3.05, 3.63) is 125 Å². The Balaban J connectivity index is 1.42. The highest BCUT2D eigenvalue weighted by Crippen LogP contribution is 2.63. The predicted molar refractivity (Wildman–Crippen MR) is 148 cm³/mol. The lowest BCUT2D eigenvalue weighted by molar-refractivity contribution is -0.122. The normalized spacial score (nSPS) is 24.0. The summed E-state index contributed by atoms with van der Waals surface area (Å²) in [5, 5.41) is 4.43. The Kier molecular flexibility index (Phi) is 5.38. The molecule has 0 spiro atoms. The minimum absolute atomic E-state index is 0.273. The number of pyridine rings is 1. The van der Waals surface area contributed by atoms with E-state index in [4.69, 9.17) is 4.74 Å². The highest BCUT2D eigenvalue weighted by atomic mass is 16.5. The maximum Gasteiger partial charge on any atom is 0.272 e. The van der Waals surface area contributed by atoms with Gasteiger partial charge in [0.05, 0.1) is 35.6 Å². The van der Waals surface area contributed by atoms with Crippen molar-refractivity contribution in [1.29, 1.82) is 0 Å². The molecular formula is C32H24N4O4. The van der Waals surface area contributed by atoms with Gasteiger partial charge in [-0.25, -0.2) is 10.3 Å². The molecule has 196 valence electrons. The van der Waals surface area contributed by atoms with Gasteiger partial charge in [0.15, 0.2) is 0 Å². The Morgan fingerprint density at radius 3 is 2.27 bits per heavy atom. The Labute approximate surface area is 230 Å². The number of amides is 3. The van der Waals surface area contributed by atoms with E-state index >= 15 is 0 Å². The van der Waals surface area contributed by atoms with E-state index in [1.807, 2.05) is 48.5 Å². The topological polar surface area (TPSA) is 101 Å². The van der Waals surface area contributed by atoms with Crippen LogP contribution in [0.15, 0.2) is 102 Å². The summed E-state index contributed by atoms with van der Waals surface area (Å²) in [6.07, 6.45) is 4.69. The molecule has 1 aliphatic heterocycles. The number of hydrogen-bond donors (Lipinski definition) is 1. The van der Waals surface area contributed by atoms with Crippen LogP contribution < -0.4 is 15.1 Å². The van der Waals surface area contributed by atoms with Crippen molar-refractivity contribution in [3.63, 3.8) is 0 Å². The fraction of sp³-hybridized carbons (Fsp3) is 0.156. The molecule has 3 amide bonds. The van der Waals surface area contributed by atoms with Crippen LogP contribution in [0, 0.1) is 11.8 Å². The van der Waals surface area contributed by atoms with E-state index < -0.39 is 23.2 Å². The second kappa shape index (κ2) is 8.98. The smallest absolute Gasteiger partial charge is 0.272 e. The predicted octanol–water partition coefficient (Wildman–Crippen LogP) is 4.06. The zero-order chi connectivity index (χ0) is 27.4. The third-order valence-electron chi connectivity index (χ3n) is 8.37.